The number of ether oxygens (including phenoxy) is 1. The van der Waals surface area contributed by atoms with Gasteiger partial charge in [0.2, 0.25) is 0 Å². The van der Waals surface area contributed by atoms with Gasteiger partial charge in [-0.1, -0.05) is 39.7 Å². The van der Waals surface area contributed by atoms with Crippen molar-refractivity contribution >= 4 is 38.8 Å². The largest absolute Gasteiger partial charge is 0.453 e. The van der Waals surface area contributed by atoms with Crippen LogP contribution in [0.4, 0.5) is 14.9 Å². The zero-order valence-electron chi connectivity index (χ0n) is 20.0. The predicted octanol–water partition coefficient (Wildman–Crippen LogP) is 8.13. The van der Waals surface area contributed by atoms with Crippen LogP contribution in [0.5, 0.6) is 11.5 Å². The van der Waals surface area contributed by atoms with Crippen LogP contribution in [0.15, 0.2) is 42.6 Å². The zero-order chi connectivity index (χ0) is 24.1. The Morgan fingerprint density at radius 3 is 2.79 bits per heavy atom. The van der Waals surface area contributed by atoms with E-state index in [9.17, 15) is 9.18 Å². The van der Waals surface area contributed by atoms with Gasteiger partial charge in [-0.3, -0.25) is 4.98 Å². The molecule has 4 rings (SSSR count). The fourth-order valence-corrected chi connectivity index (χ4v) is 4.75. The van der Waals surface area contributed by atoms with Crippen molar-refractivity contribution < 1.29 is 13.9 Å². The van der Waals surface area contributed by atoms with E-state index in [1.807, 2.05) is 0 Å². The molecule has 0 aliphatic heterocycles. The van der Waals surface area contributed by atoms with Crippen molar-refractivity contribution in [2.75, 3.05) is 5.32 Å². The average molecular weight is 482 g/mol. The molecule has 1 unspecified atom stereocenters. The Balaban J connectivity index is 1.54. The van der Waals surface area contributed by atoms with Crippen molar-refractivity contribution in [2.24, 2.45) is 5.92 Å². The fraction of sp³-hybridized carbons (Fsp3) is 0.407. The van der Waals surface area contributed by atoms with E-state index in [-0.39, 0.29) is 17.8 Å². The number of pyridine rings is 1. The summed E-state index contributed by atoms with van der Waals surface area (Å²) in [7, 11) is 0. The number of allylic oxidation sites excluding steroid dienone is 2. The normalized spacial score (nSPS) is 14.8. The van der Waals surface area contributed by atoms with Gasteiger partial charge >= 0.3 is 6.03 Å². The lowest BCUT2D eigenvalue weighted by Crippen LogP contribution is -2.30. The van der Waals surface area contributed by atoms with E-state index >= 15 is 0 Å². The molecule has 180 valence electrons. The van der Waals surface area contributed by atoms with Gasteiger partial charge in [-0.2, -0.15) is 0 Å². The minimum atomic E-state index is -0.536. The number of halogens is 1. The van der Waals surface area contributed by atoms with E-state index in [1.54, 1.807) is 29.7 Å². The summed E-state index contributed by atoms with van der Waals surface area (Å²) in [6, 6.07) is 8.24. The molecule has 2 amide bonds. The maximum Gasteiger partial charge on any atom is 0.319 e. The second-order valence-electron chi connectivity index (χ2n) is 8.98. The number of amides is 2. The van der Waals surface area contributed by atoms with E-state index in [2.05, 4.69) is 48.5 Å². The molecule has 2 heterocycles. The van der Waals surface area contributed by atoms with Crippen LogP contribution in [0.25, 0.3) is 15.8 Å². The Morgan fingerprint density at radius 2 is 2.09 bits per heavy atom. The number of hydrogen-bond acceptors (Lipinski definition) is 4. The summed E-state index contributed by atoms with van der Waals surface area (Å²) in [6.45, 7) is 6.68. The van der Waals surface area contributed by atoms with Crippen molar-refractivity contribution in [3.05, 3.63) is 53.3 Å². The van der Waals surface area contributed by atoms with Crippen molar-refractivity contribution in [2.45, 2.75) is 65.3 Å². The van der Waals surface area contributed by atoms with E-state index in [4.69, 9.17) is 4.74 Å². The van der Waals surface area contributed by atoms with Gasteiger partial charge in [0.1, 0.15) is 5.75 Å². The summed E-state index contributed by atoms with van der Waals surface area (Å²) in [5, 5.41) is 5.49. The van der Waals surface area contributed by atoms with Gasteiger partial charge in [-0.25, -0.2) is 9.18 Å². The number of anilines is 1. The van der Waals surface area contributed by atoms with Gasteiger partial charge in [0, 0.05) is 34.9 Å². The van der Waals surface area contributed by atoms with Gasteiger partial charge < -0.3 is 15.4 Å². The molecule has 1 aliphatic rings. The maximum atomic E-state index is 14.8. The topological polar surface area (TPSA) is 63.2 Å². The number of hydrogen-bond donors (Lipinski definition) is 2. The van der Waals surface area contributed by atoms with Crippen LogP contribution in [0.3, 0.4) is 0 Å². The van der Waals surface area contributed by atoms with Crippen LogP contribution >= 0.6 is 11.3 Å². The van der Waals surface area contributed by atoms with Gasteiger partial charge in [0.15, 0.2) is 11.6 Å². The first-order valence-electron chi connectivity index (χ1n) is 12.1. The lowest BCUT2D eigenvalue weighted by Gasteiger charge is -2.10. The number of urea groups is 1. The third-order valence-electron chi connectivity index (χ3n) is 6.00. The van der Waals surface area contributed by atoms with Crippen LogP contribution in [0, 0.1) is 11.7 Å². The second kappa shape index (κ2) is 11.0. The third-order valence-corrected chi connectivity index (χ3v) is 7.21. The van der Waals surface area contributed by atoms with Crippen LogP contribution in [-0.4, -0.2) is 17.1 Å². The average Bonchev–Trinajstić information content (AvgIpc) is 3.52. The molecule has 0 bridgehead atoms. The number of carbonyl (C=O) groups is 1. The maximum absolute atomic E-state index is 14.8. The number of carbonyl (C=O) groups excluding carboxylic acids is 1. The first-order valence-corrected chi connectivity index (χ1v) is 12.9. The quantitative estimate of drug-likeness (QED) is 0.307. The lowest BCUT2D eigenvalue weighted by molar-refractivity contribution is 0.251. The highest BCUT2D eigenvalue weighted by atomic mass is 32.1. The van der Waals surface area contributed by atoms with Crippen molar-refractivity contribution in [1.82, 2.24) is 10.3 Å². The van der Waals surface area contributed by atoms with Crippen LogP contribution in [0.1, 0.15) is 64.2 Å². The number of benzene rings is 1. The molecule has 0 spiro atoms. The van der Waals surface area contributed by atoms with Crippen molar-refractivity contribution in [3.63, 3.8) is 0 Å². The van der Waals surface area contributed by atoms with Gasteiger partial charge in [0.05, 0.1) is 10.2 Å². The summed E-state index contributed by atoms with van der Waals surface area (Å²) in [5.74, 6) is 0.798. The molecule has 1 fully saturated rings. The third kappa shape index (κ3) is 6.14. The van der Waals surface area contributed by atoms with Crippen LogP contribution in [0.2, 0.25) is 0 Å². The van der Waals surface area contributed by atoms with Crippen molar-refractivity contribution in [3.8, 4) is 11.5 Å². The lowest BCUT2D eigenvalue weighted by atomic mass is 10.0. The standard InChI is InChI=1S/C27H32FN3O2S/c1-4-6-18(8-7-17(3)5-2)25-16-22-26(34-25)24(13-14-29-22)33-23-12-11-20(15-21(23)28)31-27(32)30-19-9-10-19/h8,11-17,19H,4-7,9-10H2,1-3H3,(H2,30,31,32)/b18-8+. The molecule has 5 nitrogen and oxygen atoms in total. The van der Waals surface area contributed by atoms with Gasteiger partial charge in [-0.15, -0.1) is 11.3 Å². The number of aromatic nitrogens is 1. The number of nitrogens with one attached hydrogen (secondary N) is 2. The van der Waals surface area contributed by atoms with Crippen molar-refractivity contribution in [1.29, 1.82) is 0 Å². The molecular weight excluding hydrogens is 449 g/mol. The molecule has 1 atom stereocenters. The molecule has 7 heteroatoms. The summed E-state index contributed by atoms with van der Waals surface area (Å²) >= 11 is 1.64. The number of rotatable bonds is 10. The highest BCUT2D eigenvalue weighted by molar-refractivity contribution is 7.20. The van der Waals surface area contributed by atoms with E-state index in [1.165, 1.54) is 22.6 Å². The molecule has 1 aromatic carbocycles. The predicted molar refractivity (Wildman–Crippen MR) is 138 cm³/mol. The Bertz CT molecular complexity index is 1190. The molecule has 2 aromatic heterocycles. The molecule has 1 aliphatic carbocycles. The number of fused-ring (bicyclic) bond motifs is 1. The highest BCUT2D eigenvalue weighted by Gasteiger charge is 2.23. The molecule has 1 saturated carbocycles. The van der Waals surface area contributed by atoms with E-state index in [0.29, 0.717) is 17.4 Å². The van der Waals surface area contributed by atoms with Crippen LogP contribution in [-0.2, 0) is 0 Å². The van der Waals surface area contributed by atoms with E-state index < -0.39 is 5.82 Å². The molecule has 0 radical (unpaired) electrons. The molecule has 34 heavy (non-hydrogen) atoms. The zero-order valence-corrected chi connectivity index (χ0v) is 20.8. The Hall–Kier alpha value is -2.93. The minimum absolute atomic E-state index is 0.108. The SMILES string of the molecule is CCC/C(=C\CC(C)CC)c1cc2nccc(Oc3ccc(NC(=O)NC4CC4)cc3F)c2s1. The summed E-state index contributed by atoms with van der Waals surface area (Å²) in [4.78, 5) is 17.6. The second-order valence-corrected chi connectivity index (χ2v) is 10.0. The van der Waals surface area contributed by atoms with Gasteiger partial charge in [0.25, 0.3) is 0 Å². The minimum Gasteiger partial charge on any atom is -0.453 e. The first-order chi connectivity index (χ1) is 16.5. The Morgan fingerprint density at radius 1 is 1.26 bits per heavy atom. The first kappa shape index (κ1) is 24.2. The van der Waals surface area contributed by atoms with E-state index in [0.717, 1.165) is 48.7 Å². The number of nitrogens with zero attached hydrogens (tertiary/aromatic N) is 1. The summed E-state index contributed by atoms with van der Waals surface area (Å²) in [5.41, 5.74) is 2.57. The molecular formula is C27H32FN3O2S. The Kier molecular flexibility index (Phi) is 7.83. The molecule has 2 N–H and O–H groups in total. The fourth-order valence-electron chi connectivity index (χ4n) is 3.62. The highest BCUT2D eigenvalue weighted by Crippen LogP contribution is 2.39. The molecule has 0 saturated heterocycles. The summed E-state index contributed by atoms with van der Waals surface area (Å²) in [6.07, 6.45) is 10.3. The monoisotopic (exact) mass is 481 g/mol. The smallest absolute Gasteiger partial charge is 0.319 e. The summed E-state index contributed by atoms with van der Waals surface area (Å²) < 4.78 is 21.7. The van der Waals surface area contributed by atoms with Crippen LogP contribution < -0.4 is 15.4 Å². The number of thiophene rings is 1. The van der Waals surface area contributed by atoms with Gasteiger partial charge in [-0.05, 0) is 55.4 Å². The molecule has 3 aromatic rings. The Labute approximate surface area is 204 Å².